The van der Waals surface area contributed by atoms with E-state index >= 15 is 0 Å². The fourth-order valence-electron chi connectivity index (χ4n) is 1.56. The zero-order valence-electron chi connectivity index (χ0n) is 10.5. The Morgan fingerprint density at radius 1 is 1.50 bits per heavy atom. The summed E-state index contributed by atoms with van der Waals surface area (Å²) in [5.74, 6) is -1.73. The van der Waals surface area contributed by atoms with Gasteiger partial charge < -0.3 is 10.4 Å². The number of nitrogens with zero attached hydrogens (tertiary/aromatic N) is 2. The zero-order valence-corrected chi connectivity index (χ0v) is 11.4. The van der Waals surface area contributed by atoms with Gasteiger partial charge in [0.2, 0.25) is 5.91 Å². The van der Waals surface area contributed by atoms with E-state index in [9.17, 15) is 14.4 Å². The van der Waals surface area contributed by atoms with Crippen LogP contribution in [0.1, 0.15) is 41.3 Å². The largest absolute Gasteiger partial charge is 0.476 e. The highest BCUT2D eigenvalue weighted by Crippen LogP contribution is 2.18. The number of hydrogen-bond donors (Lipinski definition) is 3. The van der Waals surface area contributed by atoms with Gasteiger partial charge in [0.15, 0.2) is 5.69 Å². The van der Waals surface area contributed by atoms with Crippen molar-refractivity contribution < 1.29 is 19.5 Å². The number of rotatable bonds is 4. The van der Waals surface area contributed by atoms with Gasteiger partial charge in [0, 0.05) is 18.2 Å². The molecule has 0 saturated carbocycles. The molecule has 2 amide bonds. The van der Waals surface area contributed by atoms with Gasteiger partial charge in [-0.15, -0.1) is 11.3 Å². The number of hydrazone groups is 1. The van der Waals surface area contributed by atoms with E-state index in [0.29, 0.717) is 5.01 Å². The summed E-state index contributed by atoms with van der Waals surface area (Å²) in [4.78, 5) is 37.5. The number of hydrogen-bond acceptors (Lipinski definition) is 6. The van der Waals surface area contributed by atoms with Crippen molar-refractivity contribution in [3.05, 3.63) is 16.1 Å². The average Bonchev–Trinajstić information content (AvgIpc) is 2.89. The first-order valence-electron chi connectivity index (χ1n) is 5.82. The van der Waals surface area contributed by atoms with Crippen LogP contribution < -0.4 is 10.7 Å². The van der Waals surface area contributed by atoms with Crippen molar-refractivity contribution in [2.24, 2.45) is 5.10 Å². The number of carbonyl (C=O) groups excluding carboxylic acids is 2. The van der Waals surface area contributed by atoms with Crippen LogP contribution in [0.3, 0.4) is 0 Å². The molecule has 0 radical (unpaired) electrons. The topological polar surface area (TPSA) is 121 Å². The Hall–Kier alpha value is -2.29. The molecule has 1 unspecified atom stereocenters. The Kier molecular flexibility index (Phi) is 4.08. The summed E-state index contributed by atoms with van der Waals surface area (Å²) in [6.07, 6.45) is 0.504. The number of carboxylic acids is 1. The maximum atomic E-state index is 11.9. The summed E-state index contributed by atoms with van der Waals surface area (Å²) in [6.45, 7) is 1.70. The molecule has 2 rings (SSSR count). The SMILES string of the molecule is CC(NC(=O)C1=NNC(=O)CC1)c1nc(C(=O)O)cs1. The molecular formula is C11H12N4O4S. The number of carbonyl (C=O) groups is 3. The van der Waals surface area contributed by atoms with Gasteiger partial charge in [0.05, 0.1) is 6.04 Å². The zero-order chi connectivity index (χ0) is 14.7. The molecule has 0 aliphatic carbocycles. The maximum Gasteiger partial charge on any atom is 0.355 e. The Morgan fingerprint density at radius 3 is 2.80 bits per heavy atom. The molecule has 0 spiro atoms. The third-order valence-electron chi connectivity index (χ3n) is 2.63. The lowest BCUT2D eigenvalue weighted by atomic mass is 10.1. The summed E-state index contributed by atoms with van der Waals surface area (Å²) < 4.78 is 0. The van der Waals surface area contributed by atoms with Crippen LogP contribution >= 0.6 is 11.3 Å². The van der Waals surface area contributed by atoms with Crippen molar-refractivity contribution in [1.29, 1.82) is 0 Å². The highest BCUT2D eigenvalue weighted by molar-refractivity contribution is 7.09. The number of aromatic carboxylic acids is 1. The van der Waals surface area contributed by atoms with Gasteiger partial charge in [-0.25, -0.2) is 15.2 Å². The van der Waals surface area contributed by atoms with E-state index in [4.69, 9.17) is 5.11 Å². The Bertz CT molecular complexity index is 595. The third kappa shape index (κ3) is 3.18. The van der Waals surface area contributed by atoms with Gasteiger partial charge >= 0.3 is 5.97 Å². The molecule has 2 heterocycles. The summed E-state index contributed by atoms with van der Waals surface area (Å²) in [7, 11) is 0. The number of nitrogens with one attached hydrogen (secondary N) is 2. The second-order valence-corrected chi connectivity index (χ2v) is 5.05. The monoisotopic (exact) mass is 296 g/mol. The minimum absolute atomic E-state index is 0.0478. The number of aromatic nitrogens is 1. The molecule has 0 saturated heterocycles. The molecule has 3 N–H and O–H groups in total. The first kappa shape index (κ1) is 14.1. The van der Waals surface area contributed by atoms with Crippen molar-refractivity contribution in [3.63, 3.8) is 0 Å². The van der Waals surface area contributed by atoms with Crippen molar-refractivity contribution in [2.45, 2.75) is 25.8 Å². The summed E-state index contributed by atoms with van der Waals surface area (Å²) in [6, 6.07) is -0.430. The predicted octanol–water partition coefficient (Wildman–Crippen LogP) is 0.284. The first-order chi connectivity index (χ1) is 9.47. The van der Waals surface area contributed by atoms with E-state index in [1.54, 1.807) is 6.92 Å². The molecular weight excluding hydrogens is 284 g/mol. The van der Waals surface area contributed by atoms with Gasteiger partial charge in [0.1, 0.15) is 10.7 Å². The molecule has 1 atom stereocenters. The molecule has 8 nitrogen and oxygen atoms in total. The highest BCUT2D eigenvalue weighted by Gasteiger charge is 2.21. The van der Waals surface area contributed by atoms with Crippen LogP contribution in [-0.4, -0.2) is 33.6 Å². The molecule has 1 aliphatic heterocycles. The van der Waals surface area contributed by atoms with Gasteiger partial charge in [-0.3, -0.25) is 9.59 Å². The predicted molar refractivity (Wildman–Crippen MR) is 70.4 cm³/mol. The number of amides is 2. The highest BCUT2D eigenvalue weighted by atomic mass is 32.1. The maximum absolute atomic E-state index is 11.9. The smallest absolute Gasteiger partial charge is 0.355 e. The summed E-state index contributed by atoms with van der Waals surface area (Å²) >= 11 is 1.16. The lowest BCUT2D eigenvalue weighted by Crippen LogP contribution is -2.37. The van der Waals surface area contributed by atoms with Gasteiger partial charge in [-0.1, -0.05) is 0 Å². The minimum atomic E-state index is -1.11. The molecule has 1 aliphatic rings. The summed E-state index contributed by atoms with van der Waals surface area (Å²) in [5.41, 5.74) is 2.44. The lowest BCUT2D eigenvalue weighted by Gasteiger charge is -2.14. The van der Waals surface area contributed by atoms with Crippen LogP contribution in [0.15, 0.2) is 10.5 Å². The fourth-order valence-corrected chi connectivity index (χ4v) is 2.36. The molecule has 1 aromatic rings. The van der Waals surface area contributed by atoms with E-state index < -0.39 is 17.9 Å². The molecule has 20 heavy (non-hydrogen) atoms. The second kappa shape index (κ2) is 5.78. The quantitative estimate of drug-likeness (QED) is 0.737. The normalized spacial score (nSPS) is 16.1. The summed E-state index contributed by atoms with van der Waals surface area (Å²) in [5, 5.41) is 17.1. The molecule has 0 fully saturated rings. The number of thiazole rings is 1. The Balaban J connectivity index is 2.00. The van der Waals surface area contributed by atoms with Crippen LogP contribution in [0.4, 0.5) is 0 Å². The Morgan fingerprint density at radius 2 is 2.25 bits per heavy atom. The standard InChI is InChI=1S/C11H12N4O4S/c1-5(10-13-7(4-20-10)11(18)19)12-9(17)6-2-3-8(16)15-14-6/h4-5H,2-3H2,1H3,(H,12,17)(H,15,16)(H,18,19). The van der Waals surface area contributed by atoms with Gasteiger partial charge in [-0.05, 0) is 6.92 Å². The van der Waals surface area contributed by atoms with E-state index in [-0.39, 0.29) is 30.2 Å². The Labute approximate surface area is 117 Å². The van der Waals surface area contributed by atoms with Crippen LogP contribution in [0.5, 0.6) is 0 Å². The van der Waals surface area contributed by atoms with Crippen molar-refractivity contribution in [1.82, 2.24) is 15.7 Å². The first-order valence-corrected chi connectivity index (χ1v) is 6.70. The molecule has 9 heteroatoms. The van der Waals surface area contributed by atoms with E-state index in [1.165, 1.54) is 5.38 Å². The third-order valence-corrected chi connectivity index (χ3v) is 3.65. The molecule has 0 bridgehead atoms. The fraction of sp³-hybridized carbons (Fsp3) is 0.364. The average molecular weight is 296 g/mol. The van der Waals surface area contributed by atoms with Gasteiger partial charge in [0.25, 0.3) is 5.91 Å². The molecule has 1 aromatic heterocycles. The molecule has 106 valence electrons. The second-order valence-electron chi connectivity index (χ2n) is 4.16. The lowest BCUT2D eigenvalue weighted by molar-refractivity contribution is -0.121. The van der Waals surface area contributed by atoms with Crippen LogP contribution in [0.2, 0.25) is 0 Å². The van der Waals surface area contributed by atoms with Crippen molar-refractivity contribution >= 4 is 34.8 Å². The van der Waals surface area contributed by atoms with E-state index in [2.05, 4.69) is 20.8 Å². The van der Waals surface area contributed by atoms with Crippen LogP contribution in [0, 0.1) is 0 Å². The van der Waals surface area contributed by atoms with Crippen LogP contribution in [0.25, 0.3) is 0 Å². The minimum Gasteiger partial charge on any atom is -0.476 e. The van der Waals surface area contributed by atoms with Crippen molar-refractivity contribution in [3.8, 4) is 0 Å². The van der Waals surface area contributed by atoms with Gasteiger partial charge in [-0.2, -0.15) is 5.10 Å². The van der Waals surface area contributed by atoms with Crippen LogP contribution in [-0.2, 0) is 9.59 Å². The molecule has 0 aromatic carbocycles. The number of carboxylic acid groups (broad SMARTS) is 1. The van der Waals surface area contributed by atoms with E-state index in [1.807, 2.05) is 0 Å². The van der Waals surface area contributed by atoms with Crippen molar-refractivity contribution in [2.75, 3.05) is 0 Å². The van der Waals surface area contributed by atoms with E-state index in [0.717, 1.165) is 11.3 Å².